The molecule has 0 aliphatic carbocycles. The van der Waals surface area contributed by atoms with E-state index in [9.17, 15) is 0 Å². The van der Waals surface area contributed by atoms with Crippen LogP contribution >= 0.6 is 23.5 Å². The van der Waals surface area contributed by atoms with E-state index >= 15 is 0 Å². The molecule has 0 radical (unpaired) electrons. The van der Waals surface area contributed by atoms with Gasteiger partial charge in [-0.05, 0) is 43.0 Å². The lowest BCUT2D eigenvalue weighted by Crippen LogP contribution is -2.25. The molecule has 1 unspecified atom stereocenters. The van der Waals surface area contributed by atoms with Gasteiger partial charge in [-0.15, -0.1) is 0 Å². The Morgan fingerprint density at radius 2 is 2.13 bits per heavy atom. The summed E-state index contributed by atoms with van der Waals surface area (Å²) in [5.74, 6) is 2.22. The van der Waals surface area contributed by atoms with Crippen LogP contribution in [0.1, 0.15) is 35.6 Å². The van der Waals surface area contributed by atoms with Crippen LogP contribution in [0.25, 0.3) is 0 Å². The molecule has 1 aromatic carbocycles. The van der Waals surface area contributed by atoms with Gasteiger partial charge in [0.05, 0.1) is 29.1 Å². The molecule has 3 atom stereocenters. The topological polar surface area (TPSA) is 52.8 Å². The Bertz CT molecular complexity index is 719. The van der Waals surface area contributed by atoms with E-state index in [-0.39, 0.29) is 0 Å². The van der Waals surface area contributed by atoms with Crippen LogP contribution < -0.4 is 0 Å². The molecular formula is C17H18N4S2. The average Bonchev–Trinajstić information content (AvgIpc) is 3.17. The lowest BCUT2D eigenvalue weighted by molar-refractivity contribution is 0.269. The Morgan fingerprint density at radius 3 is 2.91 bits per heavy atom. The van der Waals surface area contributed by atoms with Crippen molar-refractivity contribution in [3.8, 4) is 6.07 Å². The molecule has 23 heavy (non-hydrogen) atoms. The highest BCUT2D eigenvalue weighted by molar-refractivity contribution is 7.98. The highest BCUT2D eigenvalue weighted by Gasteiger charge is 2.38. The molecule has 2 aliphatic heterocycles. The summed E-state index contributed by atoms with van der Waals surface area (Å²) < 4.78 is 9.18. The highest BCUT2D eigenvalue weighted by atomic mass is 32.2. The highest BCUT2D eigenvalue weighted by Crippen LogP contribution is 2.41. The lowest BCUT2D eigenvalue weighted by Gasteiger charge is -2.21. The van der Waals surface area contributed by atoms with Crippen molar-refractivity contribution in [1.29, 1.82) is 5.26 Å². The van der Waals surface area contributed by atoms with Gasteiger partial charge in [0.25, 0.3) is 0 Å². The van der Waals surface area contributed by atoms with E-state index < -0.39 is 0 Å². The van der Waals surface area contributed by atoms with Gasteiger partial charge in [0.1, 0.15) is 5.03 Å². The van der Waals surface area contributed by atoms with Crippen LogP contribution in [0, 0.1) is 17.2 Å². The van der Waals surface area contributed by atoms with E-state index in [1.165, 1.54) is 48.9 Å². The number of hydrogen-bond acceptors (Lipinski definition) is 6. The molecule has 0 N–H and O–H groups in total. The number of piperidine rings is 1. The molecular weight excluding hydrogens is 324 g/mol. The molecule has 118 valence electrons. The fourth-order valence-electron chi connectivity index (χ4n) is 3.66. The van der Waals surface area contributed by atoms with E-state index in [0.717, 1.165) is 23.2 Å². The number of hydrogen-bond donors (Lipinski definition) is 0. The maximum Gasteiger partial charge on any atom is 0.134 e. The third-order valence-electron chi connectivity index (χ3n) is 4.86. The van der Waals surface area contributed by atoms with Crippen LogP contribution in [0.2, 0.25) is 0 Å². The van der Waals surface area contributed by atoms with Gasteiger partial charge in [0, 0.05) is 24.8 Å². The molecule has 0 spiro atoms. The molecule has 0 amide bonds. The average molecular weight is 342 g/mol. The first-order valence-corrected chi connectivity index (χ1v) is 9.72. The van der Waals surface area contributed by atoms with Gasteiger partial charge >= 0.3 is 0 Å². The van der Waals surface area contributed by atoms with Crippen molar-refractivity contribution in [3.63, 3.8) is 0 Å². The minimum absolute atomic E-state index is 0.569. The summed E-state index contributed by atoms with van der Waals surface area (Å²) in [5, 5.41) is 9.97. The summed E-state index contributed by atoms with van der Waals surface area (Å²) >= 11 is 3.12. The lowest BCUT2D eigenvalue weighted by atomic mass is 9.89. The predicted octanol–water partition coefficient (Wildman–Crippen LogP) is 3.51. The molecule has 0 saturated carbocycles. The fourth-order valence-corrected chi connectivity index (χ4v) is 5.39. The number of nitrogens with zero attached hydrogens (tertiary/aromatic N) is 4. The summed E-state index contributed by atoms with van der Waals surface area (Å²) in [6.45, 7) is 3.64. The summed E-state index contributed by atoms with van der Waals surface area (Å²) in [6.07, 6.45) is 2.66. The predicted molar refractivity (Wildman–Crippen MR) is 92.5 cm³/mol. The first-order chi connectivity index (χ1) is 11.3. The molecule has 2 bridgehead atoms. The zero-order chi connectivity index (χ0) is 15.6. The maximum atomic E-state index is 8.86. The zero-order valence-corrected chi connectivity index (χ0v) is 14.4. The second-order valence-corrected chi connectivity index (χ2v) is 7.81. The van der Waals surface area contributed by atoms with Crippen LogP contribution in [-0.2, 0) is 5.75 Å². The van der Waals surface area contributed by atoms with Gasteiger partial charge in [0.15, 0.2) is 0 Å². The third kappa shape index (κ3) is 3.14. The monoisotopic (exact) mass is 342 g/mol. The van der Waals surface area contributed by atoms with E-state index in [2.05, 4.69) is 19.7 Å². The third-order valence-corrected chi connectivity index (χ3v) is 6.57. The van der Waals surface area contributed by atoms with Gasteiger partial charge in [-0.1, -0.05) is 23.9 Å². The number of aromatic nitrogens is 2. The zero-order valence-electron chi connectivity index (χ0n) is 12.8. The van der Waals surface area contributed by atoms with Crippen molar-refractivity contribution >= 4 is 23.5 Å². The number of thioether (sulfide) groups is 1. The Labute approximate surface area is 144 Å². The second kappa shape index (κ2) is 6.60. The normalized spacial score (nSPS) is 26.1. The SMILES string of the molecule is N#Cc1ccc(CSc2nsnc2[C@H]2CN3CCC[C@H]2C3)cc1. The van der Waals surface area contributed by atoms with Crippen LogP contribution in [0.5, 0.6) is 0 Å². The van der Waals surface area contributed by atoms with Crippen molar-refractivity contribution in [3.05, 3.63) is 41.1 Å². The summed E-state index contributed by atoms with van der Waals surface area (Å²) in [6, 6.07) is 9.97. The van der Waals surface area contributed by atoms with Gasteiger partial charge in [-0.2, -0.15) is 14.0 Å². The van der Waals surface area contributed by atoms with E-state index in [1.807, 2.05) is 24.3 Å². The Kier molecular flexibility index (Phi) is 4.34. The number of fused-ring (bicyclic) bond motifs is 2. The number of nitriles is 1. The summed E-state index contributed by atoms with van der Waals surface area (Å²) in [5.41, 5.74) is 3.16. The summed E-state index contributed by atoms with van der Waals surface area (Å²) in [7, 11) is 0. The summed E-state index contributed by atoms with van der Waals surface area (Å²) in [4.78, 5) is 2.58. The van der Waals surface area contributed by atoms with Crippen molar-refractivity contribution in [2.24, 2.45) is 5.92 Å². The molecule has 2 fully saturated rings. The second-order valence-electron chi connectivity index (χ2n) is 6.32. The van der Waals surface area contributed by atoms with Crippen LogP contribution in [0.15, 0.2) is 29.3 Å². The van der Waals surface area contributed by atoms with Gasteiger partial charge in [-0.3, -0.25) is 0 Å². The Hall–Kier alpha value is -1.42. The van der Waals surface area contributed by atoms with Gasteiger partial charge < -0.3 is 4.90 Å². The maximum absolute atomic E-state index is 8.86. The molecule has 1 aromatic heterocycles. The molecule has 4 nitrogen and oxygen atoms in total. The molecule has 2 saturated heterocycles. The van der Waals surface area contributed by atoms with E-state index in [1.54, 1.807) is 11.8 Å². The van der Waals surface area contributed by atoms with Crippen LogP contribution in [0.4, 0.5) is 0 Å². The minimum Gasteiger partial charge on any atom is -0.302 e. The minimum atomic E-state index is 0.569. The van der Waals surface area contributed by atoms with Gasteiger partial charge in [-0.25, -0.2) is 0 Å². The standard InChI is InChI=1S/C17H18N4S2/c18-8-12-3-5-13(6-4-12)11-22-17-16(19-23-20-17)15-10-21-7-1-2-14(15)9-21/h3-6,14-15H,1-2,7,9-11H2/t14-,15-/m0/s1. The molecule has 2 aliphatic rings. The number of rotatable bonds is 4. The number of benzene rings is 1. The molecule has 6 heteroatoms. The molecule has 2 aromatic rings. The van der Waals surface area contributed by atoms with Crippen molar-refractivity contribution < 1.29 is 0 Å². The van der Waals surface area contributed by atoms with Crippen LogP contribution in [-0.4, -0.2) is 33.3 Å². The van der Waals surface area contributed by atoms with E-state index in [0.29, 0.717) is 11.5 Å². The largest absolute Gasteiger partial charge is 0.302 e. The Balaban J connectivity index is 1.46. The van der Waals surface area contributed by atoms with Crippen molar-refractivity contribution in [1.82, 2.24) is 13.6 Å². The van der Waals surface area contributed by atoms with E-state index in [4.69, 9.17) is 5.26 Å². The first kappa shape index (κ1) is 15.1. The molecule has 4 rings (SSSR count). The Morgan fingerprint density at radius 1 is 1.26 bits per heavy atom. The van der Waals surface area contributed by atoms with Crippen molar-refractivity contribution in [2.75, 3.05) is 19.6 Å². The first-order valence-electron chi connectivity index (χ1n) is 8.00. The van der Waals surface area contributed by atoms with Crippen molar-refractivity contribution in [2.45, 2.75) is 29.5 Å². The quantitative estimate of drug-likeness (QED) is 0.796. The smallest absolute Gasteiger partial charge is 0.134 e. The van der Waals surface area contributed by atoms with Crippen LogP contribution in [0.3, 0.4) is 0 Å². The molecule has 3 heterocycles. The fraction of sp³-hybridized carbons (Fsp3) is 0.471. The van der Waals surface area contributed by atoms with Gasteiger partial charge in [0.2, 0.25) is 0 Å².